The Morgan fingerprint density at radius 3 is 2.25 bits per heavy atom. The summed E-state index contributed by atoms with van der Waals surface area (Å²) in [6.07, 6.45) is 0. The third-order valence-electron chi connectivity index (χ3n) is 2.39. The van der Waals surface area contributed by atoms with Gasteiger partial charge in [0, 0.05) is 10.1 Å². The summed E-state index contributed by atoms with van der Waals surface area (Å²) in [4.78, 5) is 1.23. The zero-order valence-electron chi connectivity index (χ0n) is 11.1. The van der Waals surface area contributed by atoms with Gasteiger partial charge in [-0.1, -0.05) is 40.7 Å². The second-order valence-corrected chi connectivity index (χ2v) is 6.90. The zero-order valence-corrected chi connectivity index (χ0v) is 11.9. The molecule has 0 spiro atoms. The van der Waals surface area contributed by atoms with E-state index in [1.165, 1.54) is 10.5 Å². The molecule has 1 nitrogen and oxygen atoms in total. The van der Waals surface area contributed by atoms with Crippen LogP contribution in [0.2, 0.25) is 0 Å². The van der Waals surface area contributed by atoms with E-state index in [1.807, 2.05) is 11.8 Å². The average Bonchev–Trinajstić information content (AvgIpc) is 2.15. The predicted octanol–water partition coefficient (Wildman–Crippen LogP) is 4.49. The van der Waals surface area contributed by atoms with Crippen LogP contribution in [0.5, 0.6) is 5.75 Å². The van der Waals surface area contributed by atoms with Gasteiger partial charge in [-0.05, 0) is 23.1 Å². The van der Waals surface area contributed by atoms with E-state index in [2.05, 4.69) is 52.8 Å². The Bertz CT molecular complexity index is 350. The second kappa shape index (κ2) is 5.13. The van der Waals surface area contributed by atoms with E-state index in [4.69, 9.17) is 4.74 Å². The number of hydrogen-bond donors (Lipinski definition) is 0. The molecule has 90 valence electrons. The van der Waals surface area contributed by atoms with Gasteiger partial charge in [-0.15, -0.1) is 11.8 Å². The molecule has 0 aliphatic rings. The Morgan fingerprint density at radius 2 is 1.81 bits per heavy atom. The lowest BCUT2D eigenvalue weighted by molar-refractivity contribution is 0.402. The number of hydrogen-bond acceptors (Lipinski definition) is 2. The first-order chi connectivity index (χ1) is 7.34. The monoisotopic (exact) mass is 238 g/mol. The molecule has 0 heterocycles. The third-order valence-corrected chi connectivity index (χ3v) is 3.45. The van der Waals surface area contributed by atoms with Crippen molar-refractivity contribution in [2.45, 2.75) is 50.2 Å². The molecule has 0 amide bonds. The van der Waals surface area contributed by atoms with Crippen LogP contribution in [-0.2, 0) is 5.41 Å². The predicted molar refractivity (Wildman–Crippen MR) is 72.7 cm³/mol. The number of ether oxygens (including phenoxy) is 1. The summed E-state index contributed by atoms with van der Waals surface area (Å²) in [5.74, 6) is 0.992. The van der Waals surface area contributed by atoms with Gasteiger partial charge in [0.15, 0.2) is 0 Å². The van der Waals surface area contributed by atoms with Gasteiger partial charge >= 0.3 is 0 Å². The molecule has 0 aliphatic carbocycles. The highest BCUT2D eigenvalue weighted by Gasteiger charge is 2.16. The van der Waals surface area contributed by atoms with Gasteiger partial charge in [0.1, 0.15) is 5.75 Å². The van der Waals surface area contributed by atoms with E-state index < -0.39 is 0 Å². The van der Waals surface area contributed by atoms with E-state index in [0.29, 0.717) is 5.25 Å². The van der Waals surface area contributed by atoms with Gasteiger partial charge in [-0.25, -0.2) is 0 Å². The Morgan fingerprint density at radius 1 is 1.19 bits per heavy atom. The molecule has 1 aromatic carbocycles. The maximum Gasteiger partial charge on any atom is 0.132 e. The molecule has 0 saturated heterocycles. The van der Waals surface area contributed by atoms with Crippen molar-refractivity contribution in [1.82, 2.24) is 0 Å². The van der Waals surface area contributed by atoms with E-state index in [9.17, 15) is 0 Å². The number of methoxy groups -OCH3 is 1. The van der Waals surface area contributed by atoms with Crippen molar-refractivity contribution in [3.8, 4) is 5.75 Å². The summed E-state index contributed by atoms with van der Waals surface area (Å²) in [5, 5.41) is 0.578. The second-order valence-electron chi connectivity index (χ2n) is 5.28. The SMILES string of the molecule is COc1cc(C(C)(C)C)ccc1SC(C)C. The molecule has 0 aromatic heterocycles. The van der Waals surface area contributed by atoms with Crippen LogP contribution >= 0.6 is 11.8 Å². The summed E-state index contributed by atoms with van der Waals surface area (Å²) in [6.45, 7) is 11.1. The normalized spacial score (nSPS) is 11.9. The fourth-order valence-corrected chi connectivity index (χ4v) is 2.40. The Labute approximate surface area is 104 Å². The smallest absolute Gasteiger partial charge is 0.132 e. The highest BCUT2D eigenvalue weighted by atomic mass is 32.2. The Hall–Kier alpha value is -0.630. The lowest BCUT2D eigenvalue weighted by Gasteiger charge is -2.21. The van der Waals surface area contributed by atoms with Crippen LogP contribution in [0.15, 0.2) is 23.1 Å². The molecule has 0 atom stereocenters. The molecular weight excluding hydrogens is 216 g/mol. The summed E-state index contributed by atoms with van der Waals surface area (Å²) in [5.41, 5.74) is 1.49. The lowest BCUT2D eigenvalue weighted by atomic mass is 9.87. The summed E-state index contributed by atoms with van der Waals surface area (Å²) in [7, 11) is 1.74. The number of benzene rings is 1. The fraction of sp³-hybridized carbons (Fsp3) is 0.571. The van der Waals surface area contributed by atoms with Gasteiger partial charge in [-0.2, -0.15) is 0 Å². The lowest BCUT2D eigenvalue weighted by Crippen LogP contribution is -2.11. The molecule has 0 N–H and O–H groups in total. The first kappa shape index (κ1) is 13.4. The van der Waals surface area contributed by atoms with Crippen molar-refractivity contribution in [1.29, 1.82) is 0 Å². The topological polar surface area (TPSA) is 9.23 Å². The van der Waals surface area contributed by atoms with Crippen LogP contribution in [0.4, 0.5) is 0 Å². The van der Waals surface area contributed by atoms with Crippen molar-refractivity contribution in [3.63, 3.8) is 0 Å². The van der Waals surface area contributed by atoms with Crippen LogP contribution in [0, 0.1) is 0 Å². The molecule has 1 aromatic rings. The van der Waals surface area contributed by atoms with Crippen LogP contribution in [-0.4, -0.2) is 12.4 Å². The van der Waals surface area contributed by atoms with E-state index in [-0.39, 0.29) is 5.41 Å². The quantitative estimate of drug-likeness (QED) is 0.717. The van der Waals surface area contributed by atoms with Gasteiger partial charge in [0.05, 0.1) is 7.11 Å². The van der Waals surface area contributed by atoms with Gasteiger partial charge in [-0.3, -0.25) is 0 Å². The standard InChI is InChI=1S/C14H22OS/c1-10(2)16-13-8-7-11(14(3,4)5)9-12(13)15-6/h7-10H,1-6H3. The van der Waals surface area contributed by atoms with Crippen molar-refractivity contribution in [2.24, 2.45) is 0 Å². The minimum absolute atomic E-state index is 0.175. The first-order valence-electron chi connectivity index (χ1n) is 5.69. The van der Waals surface area contributed by atoms with E-state index in [1.54, 1.807) is 7.11 Å². The number of rotatable bonds is 3. The first-order valence-corrected chi connectivity index (χ1v) is 6.57. The zero-order chi connectivity index (χ0) is 12.3. The largest absolute Gasteiger partial charge is 0.496 e. The molecule has 0 saturated carbocycles. The highest BCUT2D eigenvalue weighted by Crippen LogP contribution is 2.35. The van der Waals surface area contributed by atoms with Crippen LogP contribution in [0.25, 0.3) is 0 Å². The van der Waals surface area contributed by atoms with Gasteiger partial charge in [0.25, 0.3) is 0 Å². The van der Waals surface area contributed by atoms with Crippen LogP contribution in [0.3, 0.4) is 0 Å². The van der Waals surface area contributed by atoms with Crippen LogP contribution < -0.4 is 4.74 Å². The maximum absolute atomic E-state index is 5.46. The molecule has 16 heavy (non-hydrogen) atoms. The molecule has 2 heteroatoms. The molecule has 0 unspecified atom stereocenters. The summed E-state index contributed by atoms with van der Waals surface area (Å²) in [6, 6.07) is 6.53. The maximum atomic E-state index is 5.46. The molecular formula is C14H22OS. The molecule has 0 fully saturated rings. The summed E-state index contributed by atoms with van der Waals surface area (Å²) < 4.78 is 5.46. The number of thioether (sulfide) groups is 1. The average molecular weight is 238 g/mol. The van der Waals surface area contributed by atoms with Gasteiger partial charge in [0.2, 0.25) is 0 Å². The highest BCUT2D eigenvalue weighted by molar-refractivity contribution is 8.00. The third kappa shape index (κ3) is 3.44. The van der Waals surface area contributed by atoms with Crippen molar-refractivity contribution in [3.05, 3.63) is 23.8 Å². The Balaban J connectivity index is 3.07. The minimum atomic E-state index is 0.175. The molecule has 0 bridgehead atoms. The van der Waals surface area contributed by atoms with Crippen molar-refractivity contribution < 1.29 is 4.74 Å². The van der Waals surface area contributed by atoms with Crippen molar-refractivity contribution >= 4 is 11.8 Å². The minimum Gasteiger partial charge on any atom is -0.496 e. The van der Waals surface area contributed by atoms with Crippen molar-refractivity contribution in [2.75, 3.05) is 7.11 Å². The summed E-state index contributed by atoms with van der Waals surface area (Å²) >= 11 is 1.84. The molecule has 0 radical (unpaired) electrons. The molecule has 1 rings (SSSR count). The Kier molecular flexibility index (Phi) is 4.31. The van der Waals surface area contributed by atoms with E-state index >= 15 is 0 Å². The fourth-order valence-electron chi connectivity index (χ4n) is 1.49. The van der Waals surface area contributed by atoms with E-state index in [0.717, 1.165) is 5.75 Å². The molecule has 0 aliphatic heterocycles. The van der Waals surface area contributed by atoms with Crippen LogP contribution in [0.1, 0.15) is 40.2 Å². The van der Waals surface area contributed by atoms with Gasteiger partial charge < -0.3 is 4.74 Å².